The van der Waals surface area contributed by atoms with Gasteiger partial charge in [0.1, 0.15) is 10.7 Å². The molecule has 0 aliphatic carbocycles. The first-order valence-electron chi connectivity index (χ1n) is 5.08. The second-order valence-corrected chi connectivity index (χ2v) is 6.56. The number of benzene rings is 1. The fraction of sp³-hybridized carbons (Fsp3) is 0. The Kier molecular flexibility index (Phi) is 3.98. The Hall–Kier alpha value is -1.31. The van der Waals surface area contributed by atoms with Crippen molar-refractivity contribution in [2.24, 2.45) is 0 Å². The molecule has 100 valence electrons. The average Bonchev–Trinajstić information content (AvgIpc) is 2.34. The van der Waals surface area contributed by atoms with Crippen molar-refractivity contribution in [2.45, 2.75) is 4.90 Å². The largest absolute Gasteiger partial charge is 0.383 e. The van der Waals surface area contributed by atoms with Crippen LogP contribution in [-0.2, 0) is 10.0 Å². The van der Waals surface area contributed by atoms with Crippen LogP contribution >= 0.6 is 27.5 Å². The maximum atomic E-state index is 12.2. The molecule has 0 aliphatic heterocycles. The summed E-state index contributed by atoms with van der Waals surface area (Å²) in [6.45, 7) is 0. The molecule has 0 fully saturated rings. The lowest BCUT2D eigenvalue weighted by atomic mass is 10.3. The van der Waals surface area contributed by atoms with E-state index in [9.17, 15) is 8.42 Å². The highest BCUT2D eigenvalue weighted by Crippen LogP contribution is 2.28. The number of rotatable bonds is 3. The third-order valence-corrected chi connectivity index (χ3v) is 4.60. The zero-order chi connectivity index (χ0) is 14.0. The number of nitrogens with two attached hydrogens (primary N) is 1. The van der Waals surface area contributed by atoms with E-state index in [-0.39, 0.29) is 10.7 Å². The van der Waals surface area contributed by atoms with E-state index in [1.807, 2.05) is 0 Å². The highest BCUT2D eigenvalue weighted by atomic mass is 79.9. The molecule has 1 heterocycles. The van der Waals surface area contributed by atoms with E-state index in [0.29, 0.717) is 15.2 Å². The van der Waals surface area contributed by atoms with Gasteiger partial charge in [0.2, 0.25) is 0 Å². The number of pyridine rings is 1. The molecule has 2 rings (SSSR count). The van der Waals surface area contributed by atoms with Crippen molar-refractivity contribution in [3.8, 4) is 0 Å². The number of nitrogens with zero attached hydrogens (tertiary/aromatic N) is 1. The van der Waals surface area contributed by atoms with Gasteiger partial charge in [0, 0.05) is 15.7 Å². The Morgan fingerprint density at radius 2 is 2.05 bits per heavy atom. The SMILES string of the molecule is Nc1ncccc1S(=O)(=O)Nc1cc(Cl)ccc1Br. The predicted octanol–water partition coefficient (Wildman–Crippen LogP) is 2.88. The highest BCUT2D eigenvalue weighted by Gasteiger charge is 2.19. The van der Waals surface area contributed by atoms with E-state index < -0.39 is 10.0 Å². The van der Waals surface area contributed by atoms with Crippen molar-refractivity contribution in [3.63, 3.8) is 0 Å². The number of nitrogen functional groups attached to an aromatic ring is 1. The minimum absolute atomic E-state index is 0.0619. The van der Waals surface area contributed by atoms with Crippen LogP contribution in [0.1, 0.15) is 0 Å². The molecule has 0 unspecified atom stereocenters. The highest BCUT2D eigenvalue weighted by molar-refractivity contribution is 9.10. The fourth-order valence-electron chi connectivity index (χ4n) is 1.41. The van der Waals surface area contributed by atoms with Gasteiger partial charge in [-0.05, 0) is 46.3 Å². The zero-order valence-electron chi connectivity index (χ0n) is 9.47. The topological polar surface area (TPSA) is 85.1 Å². The van der Waals surface area contributed by atoms with Crippen LogP contribution in [0.5, 0.6) is 0 Å². The van der Waals surface area contributed by atoms with Crippen molar-refractivity contribution >= 4 is 49.1 Å². The second-order valence-electron chi connectivity index (χ2n) is 3.62. The third-order valence-electron chi connectivity index (χ3n) is 2.26. The smallest absolute Gasteiger partial charge is 0.265 e. The van der Waals surface area contributed by atoms with Gasteiger partial charge in [-0.15, -0.1) is 0 Å². The normalized spacial score (nSPS) is 11.3. The summed E-state index contributed by atoms with van der Waals surface area (Å²) >= 11 is 9.07. The molecule has 8 heteroatoms. The van der Waals surface area contributed by atoms with Gasteiger partial charge in [-0.1, -0.05) is 11.6 Å². The Morgan fingerprint density at radius 3 is 2.74 bits per heavy atom. The van der Waals surface area contributed by atoms with Crippen LogP contribution < -0.4 is 10.5 Å². The second kappa shape index (κ2) is 5.36. The fourth-order valence-corrected chi connectivity index (χ4v) is 3.21. The number of hydrogen-bond donors (Lipinski definition) is 2. The van der Waals surface area contributed by atoms with Crippen LogP contribution in [0.3, 0.4) is 0 Å². The van der Waals surface area contributed by atoms with Crippen molar-refractivity contribution in [1.29, 1.82) is 0 Å². The average molecular weight is 363 g/mol. The molecule has 0 amide bonds. The summed E-state index contributed by atoms with van der Waals surface area (Å²) in [5.74, 6) is -0.0619. The summed E-state index contributed by atoms with van der Waals surface area (Å²) in [5.41, 5.74) is 5.89. The Labute approximate surface area is 124 Å². The van der Waals surface area contributed by atoms with E-state index >= 15 is 0 Å². The predicted molar refractivity (Wildman–Crippen MR) is 78.6 cm³/mol. The summed E-state index contributed by atoms with van der Waals surface area (Å²) in [6, 6.07) is 7.66. The van der Waals surface area contributed by atoms with Crippen LogP contribution in [0.25, 0.3) is 0 Å². The molecule has 0 saturated carbocycles. The third kappa shape index (κ3) is 3.17. The van der Waals surface area contributed by atoms with E-state index in [1.165, 1.54) is 24.4 Å². The van der Waals surface area contributed by atoms with Crippen molar-refractivity contribution in [2.75, 3.05) is 10.5 Å². The van der Waals surface area contributed by atoms with Gasteiger partial charge >= 0.3 is 0 Å². The number of sulfonamides is 1. The Bertz CT molecular complexity index is 722. The summed E-state index contributed by atoms with van der Waals surface area (Å²) < 4.78 is 27.4. The van der Waals surface area contributed by atoms with Crippen molar-refractivity contribution in [1.82, 2.24) is 4.98 Å². The van der Waals surface area contributed by atoms with Crippen molar-refractivity contribution in [3.05, 3.63) is 46.0 Å². The van der Waals surface area contributed by atoms with E-state index in [1.54, 1.807) is 12.1 Å². The summed E-state index contributed by atoms with van der Waals surface area (Å²) in [6.07, 6.45) is 1.42. The first-order valence-corrected chi connectivity index (χ1v) is 7.74. The zero-order valence-corrected chi connectivity index (χ0v) is 12.6. The summed E-state index contributed by atoms with van der Waals surface area (Å²) in [5, 5.41) is 0.417. The van der Waals surface area contributed by atoms with E-state index in [2.05, 4.69) is 25.6 Å². The molecule has 0 spiro atoms. The molecule has 19 heavy (non-hydrogen) atoms. The maximum absolute atomic E-state index is 12.2. The molecule has 5 nitrogen and oxygen atoms in total. The van der Waals surface area contributed by atoms with Gasteiger partial charge in [-0.25, -0.2) is 13.4 Å². The Morgan fingerprint density at radius 1 is 1.32 bits per heavy atom. The van der Waals surface area contributed by atoms with E-state index in [4.69, 9.17) is 17.3 Å². The van der Waals surface area contributed by atoms with Crippen molar-refractivity contribution < 1.29 is 8.42 Å². The molecular weight excluding hydrogens is 354 g/mol. The molecule has 2 aromatic rings. The molecular formula is C11H9BrClN3O2S. The maximum Gasteiger partial charge on any atom is 0.265 e. The first kappa shape index (κ1) is 14.1. The quantitative estimate of drug-likeness (QED) is 0.879. The van der Waals surface area contributed by atoms with Gasteiger partial charge in [0.05, 0.1) is 5.69 Å². The molecule has 0 atom stereocenters. The van der Waals surface area contributed by atoms with Gasteiger partial charge in [0.25, 0.3) is 10.0 Å². The lowest BCUT2D eigenvalue weighted by molar-refractivity contribution is 0.601. The van der Waals surface area contributed by atoms with Gasteiger partial charge in [0.15, 0.2) is 0 Å². The number of nitrogens with one attached hydrogen (secondary N) is 1. The number of anilines is 2. The molecule has 0 aliphatic rings. The monoisotopic (exact) mass is 361 g/mol. The van der Waals surface area contributed by atoms with Crippen LogP contribution in [0, 0.1) is 0 Å². The first-order chi connectivity index (χ1) is 8.90. The van der Waals surface area contributed by atoms with Crippen LogP contribution in [0.2, 0.25) is 5.02 Å². The van der Waals surface area contributed by atoms with Gasteiger partial charge < -0.3 is 5.73 Å². The minimum Gasteiger partial charge on any atom is -0.383 e. The Balaban J connectivity index is 2.43. The van der Waals surface area contributed by atoms with Gasteiger partial charge in [-0.3, -0.25) is 4.72 Å². The lowest BCUT2D eigenvalue weighted by Gasteiger charge is -2.11. The molecule has 0 bridgehead atoms. The van der Waals surface area contributed by atoms with Gasteiger partial charge in [-0.2, -0.15) is 0 Å². The van der Waals surface area contributed by atoms with Crippen LogP contribution in [0.15, 0.2) is 45.9 Å². The van der Waals surface area contributed by atoms with Crippen LogP contribution in [-0.4, -0.2) is 13.4 Å². The number of halogens is 2. The van der Waals surface area contributed by atoms with Crippen LogP contribution in [0.4, 0.5) is 11.5 Å². The summed E-state index contributed by atoms with van der Waals surface area (Å²) in [4.78, 5) is 3.67. The summed E-state index contributed by atoms with van der Waals surface area (Å²) in [7, 11) is -3.81. The lowest BCUT2D eigenvalue weighted by Crippen LogP contribution is -2.15. The molecule has 1 aromatic carbocycles. The minimum atomic E-state index is -3.81. The van der Waals surface area contributed by atoms with E-state index in [0.717, 1.165) is 0 Å². The molecule has 0 radical (unpaired) electrons. The molecule has 3 N–H and O–H groups in total. The molecule has 1 aromatic heterocycles. The molecule has 0 saturated heterocycles. The number of hydrogen-bond acceptors (Lipinski definition) is 4. The number of aromatic nitrogens is 1. The standard InChI is InChI=1S/C11H9BrClN3O2S/c12-8-4-3-7(13)6-9(8)16-19(17,18)10-2-1-5-15-11(10)14/h1-6,16H,(H2,14,15).